The first kappa shape index (κ1) is 16.1. The molecule has 3 N–H and O–H groups in total. The van der Waals surface area contributed by atoms with Gasteiger partial charge in [-0.05, 0) is 18.4 Å². The average molecular weight is 314 g/mol. The van der Waals surface area contributed by atoms with Gasteiger partial charge < -0.3 is 15.4 Å². The van der Waals surface area contributed by atoms with Crippen LogP contribution in [0, 0.1) is 5.92 Å². The lowest BCUT2D eigenvalue weighted by atomic mass is 9.93. The van der Waals surface area contributed by atoms with Gasteiger partial charge in [-0.3, -0.25) is 4.79 Å². The quantitative estimate of drug-likeness (QED) is 0.832. The molecule has 4 nitrogen and oxygen atoms in total. The Hall–Kier alpha value is -1.81. The molecule has 2 aromatic rings. The van der Waals surface area contributed by atoms with Crippen molar-refractivity contribution in [2.24, 2.45) is 11.7 Å². The summed E-state index contributed by atoms with van der Waals surface area (Å²) in [7, 11) is 0. The minimum absolute atomic E-state index is 0.0640. The number of carbonyl (C=O) groups is 1. The number of rotatable bonds is 5. The standard InChI is InChI=1S/C19H26N2O2/c20-19(23)18-15-9-5-6-10-16(15)21(11-12-22)17(18)13-14-7-3-1-2-4-8-14/h5-6,9-10,14,22H,1-4,7-8,11-13H2,(H2,20,23). The van der Waals surface area contributed by atoms with Gasteiger partial charge in [-0.1, -0.05) is 56.7 Å². The molecule has 0 bridgehead atoms. The van der Waals surface area contributed by atoms with Gasteiger partial charge >= 0.3 is 0 Å². The van der Waals surface area contributed by atoms with E-state index in [2.05, 4.69) is 4.57 Å². The van der Waals surface area contributed by atoms with E-state index in [1.54, 1.807) is 0 Å². The van der Waals surface area contributed by atoms with Gasteiger partial charge in [-0.15, -0.1) is 0 Å². The maximum atomic E-state index is 12.1. The Morgan fingerprint density at radius 1 is 1.17 bits per heavy atom. The first-order valence-corrected chi connectivity index (χ1v) is 8.73. The molecule has 1 saturated carbocycles. The summed E-state index contributed by atoms with van der Waals surface area (Å²) in [6.45, 7) is 0.574. The van der Waals surface area contributed by atoms with Crippen LogP contribution in [0.25, 0.3) is 10.9 Å². The van der Waals surface area contributed by atoms with Crippen molar-refractivity contribution in [3.8, 4) is 0 Å². The summed E-state index contributed by atoms with van der Waals surface area (Å²) in [5.74, 6) is 0.249. The summed E-state index contributed by atoms with van der Waals surface area (Å²) in [6, 6.07) is 7.87. The Balaban J connectivity index is 2.06. The largest absolute Gasteiger partial charge is 0.395 e. The number of para-hydroxylation sites is 1. The SMILES string of the molecule is NC(=O)c1c(CC2CCCCCC2)n(CCO)c2ccccc12. The fourth-order valence-electron chi connectivity index (χ4n) is 4.04. The van der Waals surface area contributed by atoms with Gasteiger partial charge in [-0.2, -0.15) is 0 Å². The second-order valence-electron chi connectivity index (χ2n) is 6.64. The predicted molar refractivity (Wildman–Crippen MR) is 92.4 cm³/mol. The van der Waals surface area contributed by atoms with Gasteiger partial charge in [0.2, 0.25) is 0 Å². The molecule has 23 heavy (non-hydrogen) atoms. The van der Waals surface area contributed by atoms with E-state index in [1.807, 2.05) is 24.3 Å². The third kappa shape index (κ3) is 3.27. The molecule has 0 unspecified atom stereocenters. The fraction of sp³-hybridized carbons (Fsp3) is 0.526. The first-order chi connectivity index (χ1) is 11.2. The number of aliphatic hydroxyl groups is 1. The number of hydrogen-bond donors (Lipinski definition) is 2. The first-order valence-electron chi connectivity index (χ1n) is 8.73. The van der Waals surface area contributed by atoms with Crippen LogP contribution in [0.5, 0.6) is 0 Å². The maximum absolute atomic E-state index is 12.1. The topological polar surface area (TPSA) is 68.2 Å². The number of hydrogen-bond acceptors (Lipinski definition) is 2. The van der Waals surface area contributed by atoms with Crippen molar-refractivity contribution < 1.29 is 9.90 Å². The Bertz CT molecular complexity index is 682. The summed E-state index contributed by atoms with van der Waals surface area (Å²) < 4.78 is 2.10. The summed E-state index contributed by atoms with van der Waals surface area (Å²) in [5, 5.41) is 10.4. The van der Waals surface area contributed by atoms with E-state index in [-0.39, 0.29) is 12.5 Å². The van der Waals surface area contributed by atoms with E-state index in [1.165, 1.54) is 38.5 Å². The monoisotopic (exact) mass is 314 g/mol. The molecule has 124 valence electrons. The van der Waals surface area contributed by atoms with Crippen LogP contribution in [0.4, 0.5) is 0 Å². The van der Waals surface area contributed by atoms with Crippen molar-refractivity contribution in [2.75, 3.05) is 6.61 Å². The third-order valence-electron chi connectivity index (χ3n) is 5.11. The van der Waals surface area contributed by atoms with Crippen LogP contribution in [0.15, 0.2) is 24.3 Å². The number of amides is 1. The predicted octanol–water partition coefficient (Wildman–Crippen LogP) is 3.25. The second-order valence-corrected chi connectivity index (χ2v) is 6.64. The molecule has 0 aliphatic heterocycles. The lowest BCUT2D eigenvalue weighted by Crippen LogP contribution is -2.18. The number of nitrogens with two attached hydrogens (primary N) is 1. The molecule has 1 aromatic carbocycles. The van der Waals surface area contributed by atoms with Gasteiger partial charge in [0.15, 0.2) is 0 Å². The lowest BCUT2D eigenvalue weighted by molar-refractivity contribution is 0.1000. The van der Waals surface area contributed by atoms with E-state index in [9.17, 15) is 9.90 Å². The minimum atomic E-state index is -0.360. The Kier molecular flexibility index (Phi) is 5.01. The highest BCUT2D eigenvalue weighted by molar-refractivity contribution is 6.07. The van der Waals surface area contributed by atoms with Crippen molar-refractivity contribution in [2.45, 2.75) is 51.5 Å². The molecule has 1 aliphatic carbocycles. The highest BCUT2D eigenvalue weighted by atomic mass is 16.3. The molecule has 0 saturated heterocycles. The van der Waals surface area contributed by atoms with Gasteiger partial charge in [0.1, 0.15) is 0 Å². The maximum Gasteiger partial charge on any atom is 0.251 e. The van der Waals surface area contributed by atoms with Gasteiger partial charge in [0.05, 0.1) is 12.2 Å². The Morgan fingerprint density at radius 2 is 1.87 bits per heavy atom. The van der Waals surface area contributed by atoms with Crippen molar-refractivity contribution >= 4 is 16.8 Å². The number of aliphatic hydroxyl groups excluding tert-OH is 1. The highest BCUT2D eigenvalue weighted by Crippen LogP contribution is 2.32. The molecular weight excluding hydrogens is 288 g/mol. The Labute approximate surface area is 137 Å². The molecular formula is C19H26N2O2. The van der Waals surface area contributed by atoms with Crippen molar-refractivity contribution in [1.82, 2.24) is 4.57 Å². The van der Waals surface area contributed by atoms with Crippen LogP contribution in [0.1, 0.15) is 54.6 Å². The number of carbonyl (C=O) groups excluding carboxylic acids is 1. The van der Waals surface area contributed by atoms with Crippen LogP contribution in [-0.4, -0.2) is 22.2 Å². The van der Waals surface area contributed by atoms with E-state index >= 15 is 0 Å². The number of primary amides is 1. The van der Waals surface area contributed by atoms with Crippen molar-refractivity contribution in [1.29, 1.82) is 0 Å². The third-order valence-corrected chi connectivity index (χ3v) is 5.11. The normalized spacial score (nSPS) is 16.6. The van der Waals surface area contributed by atoms with E-state index < -0.39 is 0 Å². The molecule has 0 atom stereocenters. The minimum Gasteiger partial charge on any atom is -0.395 e. The zero-order valence-corrected chi connectivity index (χ0v) is 13.6. The molecule has 0 spiro atoms. The number of aromatic nitrogens is 1. The average Bonchev–Trinajstić information content (AvgIpc) is 2.69. The summed E-state index contributed by atoms with van der Waals surface area (Å²) in [6.07, 6.45) is 8.51. The molecule has 1 heterocycles. The van der Waals surface area contributed by atoms with Crippen LogP contribution in [-0.2, 0) is 13.0 Å². The second kappa shape index (κ2) is 7.18. The van der Waals surface area contributed by atoms with Crippen LogP contribution in [0.3, 0.4) is 0 Å². The zero-order valence-electron chi connectivity index (χ0n) is 13.6. The molecule has 1 aromatic heterocycles. The highest BCUT2D eigenvalue weighted by Gasteiger charge is 2.23. The zero-order chi connectivity index (χ0) is 16.2. The van der Waals surface area contributed by atoms with Crippen LogP contribution in [0.2, 0.25) is 0 Å². The van der Waals surface area contributed by atoms with Gasteiger partial charge in [-0.25, -0.2) is 0 Å². The van der Waals surface area contributed by atoms with E-state index in [4.69, 9.17) is 5.73 Å². The van der Waals surface area contributed by atoms with Gasteiger partial charge in [0.25, 0.3) is 5.91 Å². The molecule has 0 radical (unpaired) electrons. The van der Waals surface area contributed by atoms with E-state index in [0.29, 0.717) is 18.0 Å². The van der Waals surface area contributed by atoms with Crippen LogP contribution < -0.4 is 5.73 Å². The smallest absolute Gasteiger partial charge is 0.251 e. The van der Waals surface area contributed by atoms with Gasteiger partial charge in [0, 0.05) is 23.1 Å². The lowest BCUT2D eigenvalue weighted by Gasteiger charge is -2.17. The summed E-state index contributed by atoms with van der Waals surface area (Å²) >= 11 is 0. The number of benzene rings is 1. The summed E-state index contributed by atoms with van der Waals surface area (Å²) in [4.78, 5) is 12.1. The molecule has 4 heteroatoms. The number of nitrogens with zero attached hydrogens (tertiary/aromatic N) is 1. The Morgan fingerprint density at radius 3 is 2.52 bits per heavy atom. The van der Waals surface area contributed by atoms with E-state index in [0.717, 1.165) is 23.0 Å². The fourth-order valence-corrected chi connectivity index (χ4v) is 4.04. The molecule has 1 aliphatic rings. The van der Waals surface area contributed by atoms with Crippen LogP contribution >= 0.6 is 0 Å². The molecule has 1 fully saturated rings. The van der Waals surface area contributed by atoms with Crippen molar-refractivity contribution in [3.05, 3.63) is 35.5 Å². The molecule has 3 rings (SSSR count). The number of fused-ring (bicyclic) bond motifs is 1. The summed E-state index contributed by atoms with van der Waals surface area (Å²) in [5.41, 5.74) is 8.38. The molecule has 1 amide bonds. The van der Waals surface area contributed by atoms with Crippen molar-refractivity contribution in [3.63, 3.8) is 0 Å².